The topological polar surface area (TPSA) is 160 Å². The first-order chi connectivity index (χ1) is 20.1. The summed E-state index contributed by atoms with van der Waals surface area (Å²) in [5.74, 6) is -8.22. The number of aliphatic carboxylic acids is 3. The summed E-state index contributed by atoms with van der Waals surface area (Å²) in [4.78, 5) is 49.7. The molecule has 4 rings (SSSR count). The van der Waals surface area contributed by atoms with Gasteiger partial charge in [0.15, 0.2) is 6.10 Å². The lowest BCUT2D eigenvalue weighted by molar-refractivity contribution is -0.218. The zero-order valence-corrected chi connectivity index (χ0v) is 22.8. The average Bonchev–Trinajstić information content (AvgIpc) is 3.45. The summed E-state index contributed by atoms with van der Waals surface area (Å²) in [5, 5.41) is 28.5. The van der Waals surface area contributed by atoms with Gasteiger partial charge in [-0.2, -0.15) is 0 Å². The molecule has 3 atom stereocenters. The van der Waals surface area contributed by atoms with Crippen LogP contribution in [0.1, 0.15) is 30.4 Å². The fourth-order valence-electron chi connectivity index (χ4n) is 4.93. The molecule has 1 aliphatic rings. The van der Waals surface area contributed by atoms with Gasteiger partial charge >= 0.3 is 23.7 Å². The van der Waals surface area contributed by atoms with Crippen molar-refractivity contribution in [2.45, 2.75) is 43.6 Å². The number of carboxylic acids is 3. The van der Waals surface area contributed by atoms with Crippen molar-refractivity contribution in [3.05, 3.63) is 96.1 Å². The van der Waals surface area contributed by atoms with E-state index < -0.39 is 54.9 Å². The third-order valence-electron chi connectivity index (χ3n) is 7.12. The van der Waals surface area contributed by atoms with Gasteiger partial charge in [0.25, 0.3) is 5.91 Å². The van der Waals surface area contributed by atoms with Crippen LogP contribution >= 0.6 is 0 Å². The van der Waals surface area contributed by atoms with Gasteiger partial charge in [-0.3, -0.25) is 9.59 Å². The molecule has 0 saturated carbocycles. The second kappa shape index (κ2) is 13.3. The predicted octanol–water partition coefficient (Wildman–Crippen LogP) is 3.78. The summed E-state index contributed by atoms with van der Waals surface area (Å²) in [5.41, 5.74) is 1.87. The fraction of sp³-hybridized carbons (Fsp3) is 0.290. The first-order valence-corrected chi connectivity index (χ1v) is 13.3. The van der Waals surface area contributed by atoms with Gasteiger partial charge in [0.2, 0.25) is 0 Å². The number of aryl methyl sites for hydroxylation is 1. The lowest BCUT2D eigenvalue weighted by Gasteiger charge is -2.35. The van der Waals surface area contributed by atoms with Crippen molar-refractivity contribution >= 4 is 23.8 Å². The van der Waals surface area contributed by atoms with E-state index in [1.165, 1.54) is 0 Å². The molecular weight excluding hydrogens is 546 g/mol. The fourth-order valence-corrected chi connectivity index (χ4v) is 4.93. The molecule has 0 radical (unpaired) electrons. The van der Waals surface area contributed by atoms with Crippen molar-refractivity contribution < 1.29 is 48.7 Å². The zero-order valence-electron chi connectivity index (χ0n) is 22.8. The zero-order chi connectivity index (χ0) is 30.3. The standard InChI is InChI=1S/C31H31NO10/c1-20(32(18-27(33)34)28(35)26-19-40-31(42-26,29(36)37)30(38)39)25(17-12-21-8-4-2-5-9-21)22-13-15-24(16-14-22)41-23-10-6-3-7-11-23/h2-11,13-16,20,25-26H,12,17-19H2,1H3,(H,33,34)(H,36,37)(H,38,39). The number of para-hydroxylation sites is 1. The molecule has 220 valence electrons. The number of rotatable bonds is 13. The van der Waals surface area contributed by atoms with Crippen LogP contribution in [0.25, 0.3) is 0 Å². The lowest BCUT2D eigenvalue weighted by atomic mass is 9.85. The van der Waals surface area contributed by atoms with E-state index in [0.717, 1.165) is 16.0 Å². The van der Waals surface area contributed by atoms with Crippen LogP contribution in [-0.4, -0.2) is 75.1 Å². The van der Waals surface area contributed by atoms with Crippen LogP contribution in [-0.2, 0) is 35.1 Å². The molecule has 0 aromatic heterocycles. The number of ether oxygens (including phenoxy) is 3. The lowest BCUT2D eigenvalue weighted by Crippen LogP contribution is -2.52. The molecule has 1 heterocycles. The second-order valence-corrected chi connectivity index (χ2v) is 9.86. The third-order valence-corrected chi connectivity index (χ3v) is 7.12. The molecule has 3 unspecified atom stereocenters. The molecule has 1 fully saturated rings. The van der Waals surface area contributed by atoms with Crippen LogP contribution in [0.3, 0.4) is 0 Å². The molecule has 3 aromatic carbocycles. The summed E-state index contributed by atoms with van der Waals surface area (Å²) >= 11 is 0. The van der Waals surface area contributed by atoms with Crippen molar-refractivity contribution in [2.75, 3.05) is 13.2 Å². The number of hydrogen-bond donors (Lipinski definition) is 3. The Morgan fingerprint density at radius 1 is 0.881 bits per heavy atom. The van der Waals surface area contributed by atoms with Gasteiger partial charge in [-0.25, -0.2) is 9.59 Å². The molecule has 3 aromatic rings. The maximum atomic E-state index is 13.6. The van der Waals surface area contributed by atoms with Crippen molar-refractivity contribution in [1.82, 2.24) is 4.90 Å². The summed E-state index contributed by atoms with van der Waals surface area (Å²) in [6, 6.07) is 25.5. The molecule has 0 bridgehead atoms. The largest absolute Gasteiger partial charge is 0.480 e. The molecule has 3 N–H and O–H groups in total. The van der Waals surface area contributed by atoms with E-state index in [2.05, 4.69) is 0 Å². The number of carbonyl (C=O) groups excluding carboxylic acids is 1. The molecule has 0 spiro atoms. The number of carboxylic acid groups (broad SMARTS) is 3. The number of nitrogens with zero attached hydrogens (tertiary/aromatic N) is 1. The maximum Gasteiger partial charge on any atom is 0.377 e. The van der Waals surface area contributed by atoms with Gasteiger partial charge in [-0.05, 0) is 55.2 Å². The highest BCUT2D eigenvalue weighted by molar-refractivity contribution is 6.01. The molecule has 0 aliphatic carbocycles. The number of amides is 1. The number of benzene rings is 3. The summed E-state index contributed by atoms with van der Waals surface area (Å²) < 4.78 is 15.9. The molecule has 1 amide bonds. The predicted molar refractivity (Wildman–Crippen MR) is 148 cm³/mol. The van der Waals surface area contributed by atoms with E-state index in [4.69, 9.17) is 14.2 Å². The minimum absolute atomic E-state index is 0.370. The van der Waals surface area contributed by atoms with Gasteiger partial charge in [0.1, 0.15) is 18.0 Å². The van der Waals surface area contributed by atoms with Crippen molar-refractivity contribution in [3.8, 4) is 11.5 Å². The molecular formula is C31H31NO10. The smallest absolute Gasteiger partial charge is 0.377 e. The molecule has 42 heavy (non-hydrogen) atoms. The first-order valence-electron chi connectivity index (χ1n) is 13.3. The third kappa shape index (κ3) is 6.93. The van der Waals surface area contributed by atoms with Crippen LogP contribution in [0, 0.1) is 0 Å². The highest BCUT2D eigenvalue weighted by Gasteiger charge is 2.58. The Bertz CT molecular complexity index is 1380. The molecule has 11 heteroatoms. The Labute approximate surface area is 241 Å². The van der Waals surface area contributed by atoms with Crippen LogP contribution in [0.15, 0.2) is 84.9 Å². The SMILES string of the molecule is CC(C(CCc1ccccc1)c1ccc(Oc2ccccc2)cc1)N(CC(=O)O)C(=O)C1COC(C(=O)O)(C(=O)O)O1. The van der Waals surface area contributed by atoms with E-state index >= 15 is 0 Å². The average molecular weight is 578 g/mol. The van der Waals surface area contributed by atoms with Crippen LogP contribution in [0.5, 0.6) is 11.5 Å². The Kier molecular flexibility index (Phi) is 9.56. The Morgan fingerprint density at radius 3 is 2.00 bits per heavy atom. The van der Waals surface area contributed by atoms with Crippen LogP contribution in [0.2, 0.25) is 0 Å². The molecule has 11 nitrogen and oxygen atoms in total. The Balaban J connectivity index is 1.61. The second-order valence-electron chi connectivity index (χ2n) is 9.86. The normalized spacial score (nSPS) is 17.1. The quantitative estimate of drug-likeness (QED) is 0.255. The summed E-state index contributed by atoms with van der Waals surface area (Å²) in [6.45, 7) is 0.312. The minimum Gasteiger partial charge on any atom is -0.480 e. The number of hydrogen-bond acceptors (Lipinski definition) is 7. The van der Waals surface area contributed by atoms with Crippen LogP contribution in [0.4, 0.5) is 0 Å². The van der Waals surface area contributed by atoms with E-state index in [1.54, 1.807) is 19.1 Å². The van der Waals surface area contributed by atoms with E-state index in [9.17, 15) is 34.5 Å². The Morgan fingerprint density at radius 2 is 1.45 bits per heavy atom. The van der Waals surface area contributed by atoms with E-state index in [1.807, 2.05) is 72.8 Å². The highest BCUT2D eigenvalue weighted by Crippen LogP contribution is 2.33. The first kappa shape index (κ1) is 30.2. The minimum atomic E-state index is -3.06. The van der Waals surface area contributed by atoms with Gasteiger partial charge in [-0.1, -0.05) is 60.7 Å². The van der Waals surface area contributed by atoms with Crippen molar-refractivity contribution in [2.24, 2.45) is 0 Å². The Hall–Kier alpha value is -4.74. The molecule has 1 saturated heterocycles. The monoisotopic (exact) mass is 577 g/mol. The van der Waals surface area contributed by atoms with E-state index in [0.29, 0.717) is 24.3 Å². The maximum absolute atomic E-state index is 13.6. The van der Waals surface area contributed by atoms with Gasteiger partial charge in [0.05, 0.1) is 6.61 Å². The van der Waals surface area contributed by atoms with Crippen molar-refractivity contribution in [3.63, 3.8) is 0 Å². The van der Waals surface area contributed by atoms with Crippen molar-refractivity contribution in [1.29, 1.82) is 0 Å². The summed E-state index contributed by atoms with van der Waals surface area (Å²) in [6.07, 6.45) is -0.475. The van der Waals surface area contributed by atoms with Gasteiger partial charge < -0.3 is 34.4 Å². The van der Waals surface area contributed by atoms with E-state index in [-0.39, 0.29) is 5.92 Å². The van der Waals surface area contributed by atoms with Gasteiger partial charge in [0, 0.05) is 12.0 Å². The molecule has 1 aliphatic heterocycles. The number of carbonyl (C=O) groups is 4. The van der Waals surface area contributed by atoms with Gasteiger partial charge in [-0.15, -0.1) is 0 Å². The summed E-state index contributed by atoms with van der Waals surface area (Å²) in [7, 11) is 0. The highest BCUT2D eigenvalue weighted by atomic mass is 16.8. The van der Waals surface area contributed by atoms with Crippen LogP contribution < -0.4 is 4.74 Å².